The third-order valence-electron chi connectivity index (χ3n) is 3.35. The molecule has 1 aromatic heterocycles. The fourth-order valence-corrected chi connectivity index (χ4v) is 2.02. The lowest BCUT2D eigenvalue weighted by atomic mass is 10.1. The summed E-state index contributed by atoms with van der Waals surface area (Å²) in [6.45, 7) is 7.88. The topological polar surface area (TPSA) is 46.2 Å². The van der Waals surface area contributed by atoms with E-state index in [2.05, 4.69) is 22.5 Å². The molecule has 1 aromatic rings. The van der Waals surface area contributed by atoms with Crippen molar-refractivity contribution in [3.63, 3.8) is 0 Å². The Morgan fingerprint density at radius 2 is 2.04 bits per heavy atom. The number of hydrogen-bond acceptors (Lipinski definition) is 4. The second-order valence-electron chi connectivity index (χ2n) is 5.49. The molecule has 2 atom stereocenters. The van der Waals surface area contributed by atoms with Crippen molar-refractivity contribution in [3.05, 3.63) is 53.1 Å². The molecular weight excluding hydrogens is 300 g/mol. The van der Waals surface area contributed by atoms with Gasteiger partial charge in [0.1, 0.15) is 17.3 Å². The van der Waals surface area contributed by atoms with Crippen LogP contribution in [0.5, 0.6) is 0 Å². The van der Waals surface area contributed by atoms with Gasteiger partial charge in [0.05, 0.1) is 18.9 Å². The number of aromatic nitrogens is 1. The van der Waals surface area contributed by atoms with E-state index < -0.39 is 11.6 Å². The van der Waals surface area contributed by atoms with Crippen LogP contribution in [0.15, 0.2) is 35.8 Å². The van der Waals surface area contributed by atoms with Crippen LogP contribution in [0.4, 0.5) is 8.78 Å². The van der Waals surface area contributed by atoms with Gasteiger partial charge in [-0.3, -0.25) is 4.98 Å². The van der Waals surface area contributed by atoms with Crippen molar-refractivity contribution in [2.45, 2.75) is 46.4 Å². The molecule has 2 unspecified atom stereocenters. The van der Waals surface area contributed by atoms with Gasteiger partial charge in [-0.25, -0.2) is 8.78 Å². The average Bonchev–Trinajstić information content (AvgIpc) is 2.46. The first-order valence-electron chi connectivity index (χ1n) is 7.54. The maximum absolute atomic E-state index is 13.5. The van der Waals surface area contributed by atoms with E-state index in [1.165, 1.54) is 5.57 Å². The van der Waals surface area contributed by atoms with E-state index in [1.807, 2.05) is 40.1 Å². The Bertz CT molecular complexity index is 573. The predicted octanol–water partition coefficient (Wildman–Crippen LogP) is 3.27. The van der Waals surface area contributed by atoms with Gasteiger partial charge in [0, 0.05) is 24.9 Å². The number of ether oxygens (including phenoxy) is 1. The molecule has 1 rings (SSSR count). The number of allylic oxidation sites excluding steroid dienone is 1. The van der Waals surface area contributed by atoms with E-state index >= 15 is 0 Å². The summed E-state index contributed by atoms with van der Waals surface area (Å²) in [5.74, 6) is -1.39. The number of nitrogens with one attached hydrogen (secondary N) is 2. The lowest BCUT2D eigenvalue weighted by molar-refractivity contribution is 0.0787. The van der Waals surface area contributed by atoms with Crippen LogP contribution in [0, 0.1) is 11.6 Å². The first kappa shape index (κ1) is 19.1. The zero-order valence-corrected chi connectivity index (χ0v) is 14.3. The largest absolute Gasteiger partial charge is 0.394 e. The molecule has 0 saturated carbocycles. The van der Waals surface area contributed by atoms with Gasteiger partial charge in [-0.2, -0.15) is 0 Å². The zero-order valence-electron chi connectivity index (χ0n) is 14.3. The average molecular weight is 325 g/mol. The highest BCUT2D eigenvalue weighted by molar-refractivity contribution is 5.11. The highest BCUT2D eigenvalue weighted by Crippen LogP contribution is 2.10. The minimum absolute atomic E-state index is 0.00863. The fraction of sp³-hybridized carbons (Fsp3) is 0.471. The fourth-order valence-electron chi connectivity index (χ4n) is 2.02. The number of pyridine rings is 1. The Morgan fingerprint density at radius 3 is 2.65 bits per heavy atom. The van der Waals surface area contributed by atoms with Crippen molar-refractivity contribution < 1.29 is 13.5 Å². The monoisotopic (exact) mass is 325 g/mol. The molecule has 2 N–H and O–H groups in total. The Balaban J connectivity index is 2.54. The summed E-state index contributed by atoms with van der Waals surface area (Å²) in [6.07, 6.45) is 4.60. The number of rotatable bonds is 8. The van der Waals surface area contributed by atoms with Crippen LogP contribution in [0.25, 0.3) is 0 Å². The lowest BCUT2D eigenvalue weighted by Crippen LogP contribution is -2.27. The van der Waals surface area contributed by atoms with Gasteiger partial charge < -0.3 is 15.4 Å². The van der Waals surface area contributed by atoms with E-state index in [1.54, 1.807) is 0 Å². The molecule has 0 aromatic carbocycles. The van der Waals surface area contributed by atoms with Crippen molar-refractivity contribution in [2.75, 3.05) is 7.05 Å². The molecule has 0 aliphatic carbocycles. The first-order valence-corrected chi connectivity index (χ1v) is 7.54. The maximum Gasteiger partial charge on any atom is 0.150 e. The summed E-state index contributed by atoms with van der Waals surface area (Å²) >= 11 is 0. The van der Waals surface area contributed by atoms with Crippen LogP contribution in [0.3, 0.4) is 0 Å². The third-order valence-corrected chi connectivity index (χ3v) is 3.35. The first-order chi connectivity index (χ1) is 10.8. The number of halogens is 2. The Hall–Kier alpha value is -1.95. The summed E-state index contributed by atoms with van der Waals surface area (Å²) < 4.78 is 31.8. The summed E-state index contributed by atoms with van der Waals surface area (Å²) in [6, 6.07) is 0.986. The molecule has 0 bridgehead atoms. The van der Waals surface area contributed by atoms with E-state index in [0.29, 0.717) is 0 Å². The zero-order chi connectivity index (χ0) is 17.4. The van der Waals surface area contributed by atoms with Crippen LogP contribution in [0.1, 0.15) is 33.4 Å². The lowest BCUT2D eigenvalue weighted by Gasteiger charge is -2.18. The minimum Gasteiger partial charge on any atom is -0.394 e. The number of nitrogens with zero attached hydrogens (tertiary/aromatic N) is 1. The van der Waals surface area contributed by atoms with Crippen LogP contribution >= 0.6 is 0 Å². The molecule has 0 amide bonds. The Morgan fingerprint density at radius 1 is 1.35 bits per heavy atom. The SMILES string of the molecule is CN/C=C(/C)C(C)N/C(C)=C\C(C)OCc1ncc(F)cc1F. The maximum atomic E-state index is 13.5. The predicted molar refractivity (Wildman–Crippen MR) is 87.6 cm³/mol. The molecule has 0 fully saturated rings. The molecule has 4 nitrogen and oxygen atoms in total. The summed E-state index contributed by atoms with van der Waals surface area (Å²) in [4.78, 5) is 3.70. The smallest absolute Gasteiger partial charge is 0.150 e. The second kappa shape index (κ2) is 9.25. The van der Waals surface area contributed by atoms with Gasteiger partial charge in [0.2, 0.25) is 0 Å². The van der Waals surface area contributed by atoms with Crippen LogP contribution in [-0.2, 0) is 11.3 Å². The van der Waals surface area contributed by atoms with Crippen molar-refractivity contribution in [3.8, 4) is 0 Å². The molecule has 0 radical (unpaired) electrons. The normalized spacial score (nSPS) is 15.3. The van der Waals surface area contributed by atoms with Crippen LogP contribution in [-0.4, -0.2) is 24.2 Å². The highest BCUT2D eigenvalue weighted by atomic mass is 19.1. The van der Waals surface area contributed by atoms with Crippen LogP contribution in [0.2, 0.25) is 0 Å². The molecule has 0 saturated heterocycles. The Labute approximate surface area is 136 Å². The summed E-state index contributed by atoms with van der Waals surface area (Å²) in [5, 5.41) is 6.34. The quantitative estimate of drug-likeness (QED) is 0.770. The van der Waals surface area contributed by atoms with Crippen molar-refractivity contribution in [1.29, 1.82) is 0 Å². The van der Waals surface area contributed by atoms with Crippen molar-refractivity contribution in [2.24, 2.45) is 0 Å². The van der Waals surface area contributed by atoms with Gasteiger partial charge in [-0.15, -0.1) is 0 Å². The molecule has 0 spiro atoms. The summed E-state index contributed by atoms with van der Waals surface area (Å²) in [5.41, 5.74) is 2.23. The van der Waals surface area contributed by atoms with E-state index in [0.717, 1.165) is 18.0 Å². The standard InChI is InChI=1S/C17H25F2N3O/c1-11(8-20-5)14(4)22-12(2)6-13(3)23-10-17-16(19)7-15(18)9-21-17/h6-9,13-14,20,22H,10H2,1-5H3/b11-8-,12-6-. The van der Waals surface area contributed by atoms with Gasteiger partial charge >= 0.3 is 0 Å². The molecule has 0 aliphatic rings. The molecule has 0 aliphatic heterocycles. The van der Waals surface area contributed by atoms with Crippen molar-refractivity contribution in [1.82, 2.24) is 15.6 Å². The van der Waals surface area contributed by atoms with E-state index in [4.69, 9.17) is 4.74 Å². The highest BCUT2D eigenvalue weighted by Gasteiger charge is 2.09. The van der Waals surface area contributed by atoms with Gasteiger partial charge in [0.15, 0.2) is 0 Å². The minimum atomic E-state index is -0.697. The van der Waals surface area contributed by atoms with Crippen LogP contribution < -0.4 is 10.6 Å². The van der Waals surface area contributed by atoms with Gasteiger partial charge in [-0.05, 0) is 45.5 Å². The van der Waals surface area contributed by atoms with Gasteiger partial charge in [0.25, 0.3) is 0 Å². The summed E-state index contributed by atoms with van der Waals surface area (Å²) in [7, 11) is 1.86. The molecule has 128 valence electrons. The number of hydrogen-bond donors (Lipinski definition) is 2. The van der Waals surface area contributed by atoms with E-state index in [-0.39, 0.29) is 24.4 Å². The van der Waals surface area contributed by atoms with Crippen molar-refractivity contribution >= 4 is 0 Å². The molecule has 6 heteroatoms. The molecular formula is C17H25F2N3O. The second-order valence-corrected chi connectivity index (χ2v) is 5.49. The third kappa shape index (κ3) is 6.78. The van der Waals surface area contributed by atoms with E-state index in [9.17, 15) is 8.78 Å². The Kier molecular flexibility index (Phi) is 7.68. The molecule has 23 heavy (non-hydrogen) atoms. The van der Waals surface area contributed by atoms with Gasteiger partial charge in [-0.1, -0.05) is 0 Å². The molecule has 1 heterocycles.